The summed E-state index contributed by atoms with van der Waals surface area (Å²) >= 11 is 5.67. The Morgan fingerprint density at radius 2 is 1.68 bits per heavy atom. The van der Waals surface area contributed by atoms with Crippen LogP contribution in [0.1, 0.15) is 110 Å². The Balaban J connectivity index is 2.14. The van der Waals surface area contributed by atoms with Crippen LogP contribution in [-0.2, 0) is 14.3 Å². The van der Waals surface area contributed by atoms with Crippen molar-refractivity contribution in [2.45, 2.75) is 110 Å². The van der Waals surface area contributed by atoms with Crippen LogP contribution in [0.25, 0.3) is 0 Å². The van der Waals surface area contributed by atoms with Gasteiger partial charge in [0.15, 0.2) is 0 Å². The number of carbonyl (C=O) groups excluding carboxylic acids is 1. The number of halogens is 1. The zero-order valence-electron chi connectivity index (χ0n) is 20.5. The van der Waals surface area contributed by atoms with Crippen molar-refractivity contribution in [1.29, 1.82) is 0 Å². The van der Waals surface area contributed by atoms with E-state index in [-0.39, 0.29) is 11.8 Å². The molecule has 4 nitrogen and oxygen atoms in total. The minimum Gasteiger partial charge on any atom is -0.379 e. The van der Waals surface area contributed by atoms with Gasteiger partial charge in [-0.3, -0.25) is 4.79 Å². The summed E-state index contributed by atoms with van der Waals surface area (Å²) in [5.41, 5.74) is 0.422. The fraction of sp³-hybridized carbons (Fsp3) is 0.962. The first-order valence-electron chi connectivity index (χ1n) is 13.1. The van der Waals surface area contributed by atoms with Crippen molar-refractivity contribution in [3.63, 3.8) is 0 Å². The SMILES string of the molecule is CCCCCC1(C)CCCCCC(C(=O)NCCOCCOCCCCCCCl)CC1. The van der Waals surface area contributed by atoms with Crippen LogP contribution in [0, 0.1) is 11.3 Å². The molecule has 0 saturated heterocycles. The summed E-state index contributed by atoms with van der Waals surface area (Å²) in [7, 11) is 0. The van der Waals surface area contributed by atoms with Gasteiger partial charge in [0.25, 0.3) is 0 Å². The molecular weight excluding hydrogens is 410 g/mol. The zero-order valence-corrected chi connectivity index (χ0v) is 21.3. The van der Waals surface area contributed by atoms with E-state index in [9.17, 15) is 4.79 Å². The first-order chi connectivity index (χ1) is 15.1. The van der Waals surface area contributed by atoms with Gasteiger partial charge in [-0.2, -0.15) is 0 Å². The summed E-state index contributed by atoms with van der Waals surface area (Å²) in [6, 6.07) is 0. The molecular formula is C26H50ClNO3. The minimum absolute atomic E-state index is 0.172. The maximum Gasteiger partial charge on any atom is 0.223 e. The van der Waals surface area contributed by atoms with Gasteiger partial charge in [0, 0.05) is 24.9 Å². The van der Waals surface area contributed by atoms with E-state index in [0.29, 0.717) is 31.8 Å². The van der Waals surface area contributed by atoms with Crippen molar-refractivity contribution < 1.29 is 14.3 Å². The van der Waals surface area contributed by atoms with E-state index in [1.54, 1.807) is 0 Å². The highest BCUT2D eigenvalue weighted by Gasteiger charge is 2.28. The van der Waals surface area contributed by atoms with Crippen LogP contribution >= 0.6 is 11.6 Å². The van der Waals surface area contributed by atoms with Crippen LogP contribution in [0.4, 0.5) is 0 Å². The van der Waals surface area contributed by atoms with Crippen LogP contribution in [-0.4, -0.2) is 44.8 Å². The third-order valence-corrected chi connectivity index (χ3v) is 7.04. The predicted octanol–water partition coefficient (Wildman–Crippen LogP) is 6.88. The molecule has 0 aromatic rings. The van der Waals surface area contributed by atoms with E-state index < -0.39 is 0 Å². The van der Waals surface area contributed by atoms with Crippen LogP contribution in [0.5, 0.6) is 0 Å². The highest BCUT2D eigenvalue weighted by Crippen LogP contribution is 2.39. The van der Waals surface area contributed by atoms with Gasteiger partial charge in [-0.25, -0.2) is 0 Å². The van der Waals surface area contributed by atoms with Gasteiger partial charge in [0.1, 0.15) is 0 Å². The molecule has 1 rings (SSSR count). The summed E-state index contributed by atoms with van der Waals surface area (Å²) in [5, 5.41) is 3.12. The third kappa shape index (κ3) is 15.2. The van der Waals surface area contributed by atoms with Gasteiger partial charge in [-0.15, -0.1) is 11.6 Å². The minimum atomic E-state index is 0.172. The zero-order chi connectivity index (χ0) is 22.6. The number of amides is 1. The van der Waals surface area contributed by atoms with Crippen molar-refractivity contribution in [3.05, 3.63) is 0 Å². The second-order valence-corrected chi connectivity index (χ2v) is 10.1. The van der Waals surface area contributed by atoms with Crippen LogP contribution < -0.4 is 5.32 Å². The Labute approximate surface area is 197 Å². The molecule has 1 N–H and O–H groups in total. The van der Waals surface area contributed by atoms with E-state index in [0.717, 1.165) is 38.2 Å². The summed E-state index contributed by atoms with van der Waals surface area (Å²) < 4.78 is 11.2. The van der Waals surface area contributed by atoms with Gasteiger partial charge >= 0.3 is 0 Å². The molecule has 2 unspecified atom stereocenters. The number of nitrogens with one attached hydrogen (secondary N) is 1. The third-order valence-electron chi connectivity index (χ3n) is 6.77. The molecule has 1 fully saturated rings. The lowest BCUT2D eigenvalue weighted by Crippen LogP contribution is -2.34. The molecule has 0 aromatic carbocycles. The molecule has 0 radical (unpaired) electrons. The first kappa shape index (κ1) is 28.7. The second kappa shape index (κ2) is 19.2. The van der Waals surface area contributed by atoms with E-state index in [1.807, 2.05) is 0 Å². The smallest absolute Gasteiger partial charge is 0.223 e. The number of unbranched alkanes of at least 4 members (excludes halogenated alkanes) is 5. The fourth-order valence-electron chi connectivity index (χ4n) is 4.59. The molecule has 31 heavy (non-hydrogen) atoms. The summed E-state index contributed by atoms with van der Waals surface area (Å²) in [5.74, 6) is 1.16. The summed E-state index contributed by atoms with van der Waals surface area (Å²) in [6.07, 6.45) is 18.2. The Morgan fingerprint density at radius 3 is 2.45 bits per heavy atom. The van der Waals surface area contributed by atoms with E-state index >= 15 is 0 Å². The maximum atomic E-state index is 12.7. The fourth-order valence-corrected chi connectivity index (χ4v) is 4.78. The molecule has 1 saturated carbocycles. The molecule has 0 bridgehead atoms. The Morgan fingerprint density at radius 1 is 0.903 bits per heavy atom. The topological polar surface area (TPSA) is 47.6 Å². The van der Waals surface area contributed by atoms with Crippen molar-refractivity contribution >= 4 is 17.5 Å². The monoisotopic (exact) mass is 459 g/mol. The van der Waals surface area contributed by atoms with Gasteiger partial charge in [-0.1, -0.05) is 65.2 Å². The van der Waals surface area contributed by atoms with Crippen LogP contribution in [0.15, 0.2) is 0 Å². The van der Waals surface area contributed by atoms with Crippen LogP contribution in [0.2, 0.25) is 0 Å². The van der Waals surface area contributed by atoms with E-state index in [4.69, 9.17) is 21.1 Å². The number of carbonyl (C=O) groups is 1. The van der Waals surface area contributed by atoms with Gasteiger partial charge in [-0.05, 0) is 50.4 Å². The molecule has 0 aliphatic heterocycles. The summed E-state index contributed by atoms with van der Waals surface area (Å²) in [6.45, 7) is 7.91. The predicted molar refractivity (Wildman–Crippen MR) is 132 cm³/mol. The molecule has 0 heterocycles. The average Bonchev–Trinajstić information content (AvgIpc) is 2.85. The van der Waals surface area contributed by atoms with Crippen molar-refractivity contribution in [2.75, 3.05) is 38.9 Å². The largest absolute Gasteiger partial charge is 0.379 e. The van der Waals surface area contributed by atoms with Crippen molar-refractivity contribution in [2.24, 2.45) is 11.3 Å². The lowest BCUT2D eigenvalue weighted by Gasteiger charge is -2.30. The highest BCUT2D eigenvalue weighted by molar-refractivity contribution is 6.17. The normalized spacial score (nSPS) is 22.5. The molecule has 0 aromatic heterocycles. The Hall–Kier alpha value is -0.320. The molecule has 5 heteroatoms. The number of hydrogen-bond acceptors (Lipinski definition) is 3. The lowest BCUT2D eigenvalue weighted by molar-refractivity contribution is -0.125. The van der Waals surface area contributed by atoms with E-state index in [1.165, 1.54) is 70.6 Å². The molecule has 1 aliphatic rings. The quantitative estimate of drug-likeness (QED) is 0.190. The van der Waals surface area contributed by atoms with Crippen LogP contribution in [0.3, 0.4) is 0 Å². The first-order valence-corrected chi connectivity index (χ1v) is 13.6. The van der Waals surface area contributed by atoms with Crippen molar-refractivity contribution in [1.82, 2.24) is 5.32 Å². The van der Waals surface area contributed by atoms with Crippen molar-refractivity contribution in [3.8, 4) is 0 Å². The summed E-state index contributed by atoms with van der Waals surface area (Å²) in [4.78, 5) is 12.7. The lowest BCUT2D eigenvalue weighted by atomic mass is 9.75. The maximum absolute atomic E-state index is 12.7. The number of rotatable bonds is 17. The molecule has 0 spiro atoms. The number of ether oxygens (including phenoxy) is 2. The standard InChI is InChI=1S/C26H50ClNO3/c1-3-4-9-15-26(2)16-10-7-8-13-24(14-17-26)25(29)28-19-21-31-23-22-30-20-12-6-5-11-18-27/h24H,3-23H2,1-2H3,(H,28,29). The van der Waals surface area contributed by atoms with Gasteiger partial charge < -0.3 is 14.8 Å². The average molecular weight is 460 g/mol. The Kier molecular flexibility index (Phi) is 17.8. The molecule has 1 aliphatic carbocycles. The number of alkyl halides is 1. The second-order valence-electron chi connectivity index (χ2n) is 9.72. The van der Waals surface area contributed by atoms with E-state index in [2.05, 4.69) is 19.2 Å². The molecule has 1 amide bonds. The highest BCUT2D eigenvalue weighted by atomic mass is 35.5. The van der Waals surface area contributed by atoms with Gasteiger partial charge in [0.2, 0.25) is 5.91 Å². The Bertz CT molecular complexity index is 435. The molecule has 2 atom stereocenters. The molecule has 184 valence electrons. The van der Waals surface area contributed by atoms with Gasteiger partial charge in [0.05, 0.1) is 19.8 Å². The number of hydrogen-bond donors (Lipinski definition) is 1.